The van der Waals surface area contributed by atoms with Gasteiger partial charge in [0.2, 0.25) is 5.91 Å². The summed E-state index contributed by atoms with van der Waals surface area (Å²) in [5, 5.41) is 2.91. The number of carbonyl (C=O) groups excluding carboxylic acids is 1. The second-order valence-electron chi connectivity index (χ2n) is 5.74. The Labute approximate surface area is 136 Å². The molecule has 23 heavy (non-hydrogen) atoms. The fraction of sp³-hybridized carbons (Fsp3) is 0.316. The molecule has 2 aromatic rings. The van der Waals surface area contributed by atoms with Crippen molar-refractivity contribution in [2.75, 3.05) is 6.54 Å². The third kappa shape index (κ3) is 4.11. The van der Waals surface area contributed by atoms with Crippen molar-refractivity contribution < 1.29 is 14.3 Å². The van der Waals surface area contributed by atoms with Crippen LogP contribution in [0.2, 0.25) is 0 Å². The lowest BCUT2D eigenvalue weighted by molar-refractivity contribution is -0.132. The first-order chi connectivity index (χ1) is 11.2. The van der Waals surface area contributed by atoms with Crippen LogP contribution in [0.1, 0.15) is 18.1 Å². The second kappa shape index (κ2) is 7.29. The Kier molecular flexibility index (Phi) is 4.93. The highest BCUT2D eigenvalue weighted by Gasteiger charge is 2.23. The Bertz CT molecular complexity index is 632. The van der Waals surface area contributed by atoms with Crippen molar-refractivity contribution in [3.05, 3.63) is 65.7 Å². The molecule has 0 aromatic heterocycles. The maximum atomic E-state index is 12.1. The van der Waals surface area contributed by atoms with Gasteiger partial charge in [-0.3, -0.25) is 4.79 Å². The molecule has 4 nitrogen and oxygen atoms in total. The number of ether oxygens (including phenoxy) is 2. The molecule has 120 valence electrons. The zero-order valence-corrected chi connectivity index (χ0v) is 13.2. The fourth-order valence-electron chi connectivity index (χ4n) is 2.60. The van der Waals surface area contributed by atoms with E-state index in [2.05, 4.69) is 11.4 Å². The van der Waals surface area contributed by atoms with Crippen LogP contribution in [0.15, 0.2) is 54.6 Å². The van der Waals surface area contributed by atoms with Crippen LogP contribution >= 0.6 is 0 Å². The van der Waals surface area contributed by atoms with Crippen LogP contribution < -0.4 is 10.1 Å². The standard InChI is InChI=1S/C19H21NO3/c1-14(22-13-15-7-3-2-4-8-15)19(21)20-12-17-11-16-9-5-6-10-18(16)23-17/h2-10,14,17H,11-13H2,1H3,(H,20,21)/t14-,17-/m1/s1. The number of fused-ring (bicyclic) bond motifs is 1. The van der Waals surface area contributed by atoms with Gasteiger partial charge in [0.1, 0.15) is 18.0 Å². The Morgan fingerprint density at radius 2 is 1.96 bits per heavy atom. The van der Waals surface area contributed by atoms with Crippen LogP contribution in [-0.4, -0.2) is 24.7 Å². The molecule has 1 heterocycles. The minimum absolute atomic E-state index is 0.00215. The van der Waals surface area contributed by atoms with Crippen LogP contribution in [0.5, 0.6) is 5.75 Å². The van der Waals surface area contributed by atoms with E-state index in [0.717, 1.165) is 17.7 Å². The highest BCUT2D eigenvalue weighted by molar-refractivity contribution is 5.80. The number of para-hydroxylation sites is 1. The molecule has 1 aliphatic heterocycles. The quantitative estimate of drug-likeness (QED) is 0.892. The van der Waals surface area contributed by atoms with Gasteiger partial charge in [0.15, 0.2) is 0 Å². The third-order valence-electron chi connectivity index (χ3n) is 3.93. The van der Waals surface area contributed by atoms with E-state index < -0.39 is 6.10 Å². The van der Waals surface area contributed by atoms with Crippen molar-refractivity contribution in [1.82, 2.24) is 5.32 Å². The maximum Gasteiger partial charge on any atom is 0.248 e. The zero-order chi connectivity index (χ0) is 16.1. The van der Waals surface area contributed by atoms with E-state index in [1.807, 2.05) is 48.5 Å². The highest BCUT2D eigenvalue weighted by Crippen LogP contribution is 2.27. The van der Waals surface area contributed by atoms with Crippen molar-refractivity contribution in [2.24, 2.45) is 0 Å². The Balaban J connectivity index is 1.41. The molecular weight excluding hydrogens is 290 g/mol. The Morgan fingerprint density at radius 1 is 1.22 bits per heavy atom. The summed E-state index contributed by atoms with van der Waals surface area (Å²) in [5.41, 5.74) is 2.25. The molecule has 0 radical (unpaired) electrons. The minimum atomic E-state index is -0.487. The number of hydrogen-bond acceptors (Lipinski definition) is 3. The van der Waals surface area contributed by atoms with E-state index >= 15 is 0 Å². The molecule has 0 bridgehead atoms. The van der Waals surface area contributed by atoms with Gasteiger partial charge in [-0.2, -0.15) is 0 Å². The second-order valence-corrected chi connectivity index (χ2v) is 5.74. The lowest BCUT2D eigenvalue weighted by Gasteiger charge is -2.16. The van der Waals surface area contributed by atoms with Crippen LogP contribution in [-0.2, 0) is 22.6 Å². The molecule has 3 rings (SSSR count). The molecule has 0 fully saturated rings. The molecule has 2 aromatic carbocycles. The molecule has 0 saturated heterocycles. The molecule has 1 N–H and O–H groups in total. The number of amides is 1. The normalized spacial score (nSPS) is 17.2. The molecule has 0 saturated carbocycles. The van der Waals surface area contributed by atoms with Crippen molar-refractivity contribution >= 4 is 5.91 Å². The maximum absolute atomic E-state index is 12.1. The summed E-state index contributed by atoms with van der Waals surface area (Å²) in [7, 11) is 0. The third-order valence-corrected chi connectivity index (χ3v) is 3.93. The summed E-state index contributed by atoms with van der Waals surface area (Å²) in [6.07, 6.45) is 0.340. The number of nitrogens with one attached hydrogen (secondary N) is 1. The smallest absolute Gasteiger partial charge is 0.248 e. The number of hydrogen-bond donors (Lipinski definition) is 1. The van der Waals surface area contributed by atoms with Gasteiger partial charge >= 0.3 is 0 Å². The fourth-order valence-corrected chi connectivity index (χ4v) is 2.60. The van der Waals surface area contributed by atoms with E-state index in [1.165, 1.54) is 5.56 Å². The first-order valence-corrected chi connectivity index (χ1v) is 7.90. The summed E-state index contributed by atoms with van der Waals surface area (Å²) in [6, 6.07) is 17.8. The number of rotatable bonds is 6. The van der Waals surface area contributed by atoms with Crippen molar-refractivity contribution in [3.63, 3.8) is 0 Å². The average Bonchev–Trinajstić information content (AvgIpc) is 3.01. The Morgan fingerprint density at radius 3 is 2.74 bits per heavy atom. The van der Waals surface area contributed by atoms with Gasteiger partial charge in [0.25, 0.3) is 0 Å². The SMILES string of the molecule is C[C@@H](OCc1ccccc1)C(=O)NC[C@H]1Cc2ccccc2O1. The van der Waals surface area contributed by atoms with Gasteiger partial charge in [0, 0.05) is 6.42 Å². The molecule has 1 aliphatic rings. The average molecular weight is 311 g/mol. The van der Waals surface area contributed by atoms with Gasteiger partial charge in [-0.05, 0) is 24.1 Å². The Hall–Kier alpha value is -2.33. The lowest BCUT2D eigenvalue weighted by Crippen LogP contribution is -2.40. The minimum Gasteiger partial charge on any atom is -0.488 e. The van der Waals surface area contributed by atoms with E-state index in [4.69, 9.17) is 9.47 Å². The molecule has 0 unspecified atom stereocenters. The number of benzene rings is 2. The van der Waals surface area contributed by atoms with Crippen LogP contribution in [0, 0.1) is 0 Å². The summed E-state index contributed by atoms with van der Waals surface area (Å²) < 4.78 is 11.4. The van der Waals surface area contributed by atoms with E-state index in [-0.39, 0.29) is 12.0 Å². The molecule has 2 atom stereocenters. The molecular formula is C19H21NO3. The van der Waals surface area contributed by atoms with Gasteiger partial charge in [-0.25, -0.2) is 0 Å². The topological polar surface area (TPSA) is 47.6 Å². The lowest BCUT2D eigenvalue weighted by atomic mass is 10.1. The summed E-state index contributed by atoms with van der Waals surface area (Å²) >= 11 is 0. The van der Waals surface area contributed by atoms with Crippen molar-refractivity contribution in [2.45, 2.75) is 32.2 Å². The van der Waals surface area contributed by atoms with Gasteiger partial charge in [-0.15, -0.1) is 0 Å². The van der Waals surface area contributed by atoms with Crippen LogP contribution in [0.4, 0.5) is 0 Å². The first kappa shape index (κ1) is 15.6. The van der Waals surface area contributed by atoms with Gasteiger partial charge < -0.3 is 14.8 Å². The van der Waals surface area contributed by atoms with Gasteiger partial charge in [0.05, 0.1) is 13.2 Å². The van der Waals surface area contributed by atoms with Crippen molar-refractivity contribution in [1.29, 1.82) is 0 Å². The summed E-state index contributed by atoms with van der Waals surface area (Å²) in [6.45, 7) is 2.69. The van der Waals surface area contributed by atoms with Crippen LogP contribution in [0.3, 0.4) is 0 Å². The molecule has 4 heteroatoms. The summed E-state index contributed by atoms with van der Waals surface area (Å²) in [4.78, 5) is 12.1. The van der Waals surface area contributed by atoms with E-state index in [1.54, 1.807) is 6.92 Å². The number of carbonyl (C=O) groups is 1. The highest BCUT2D eigenvalue weighted by atomic mass is 16.5. The van der Waals surface area contributed by atoms with Crippen LogP contribution in [0.25, 0.3) is 0 Å². The summed E-state index contributed by atoms with van der Waals surface area (Å²) in [5.74, 6) is 0.806. The molecule has 1 amide bonds. The van der Waals surface area contributed by atoms with E-state index in [0.29, 0.717) is 13.2 Å². The van der Waals surface area contributed by atoms with E-state index in [9.17, 15) is 4.79 Å². The predicted molar refractivity (Wildman–Crippen MR) is 88.3 cm³/mol. The van der Waals surface area contributed by atoms with Gasteiger partial charge in [-0.1, -0.05) is 48.5 Å². The van der Waals surface area contributed by atoms with Crippen molar-refractivity contribution in [3.8, 4) is 5.75 Å². The largest absolute Gasteiger partial charge is 0.488 e. The molecule has 0 spiro atoms. The zero-order valence-electron chi connectivity index (χ0n) is 13.2. The molecule has 0 aliphatic carbocycles. The first-order valence-electron chi connectivity index (χ1n) is 7.90. The predicted octanol–water partition coefficient (Wildman–Crippen LogP) is 2.71. The monoisotopic (exact) mass is 311 g/mol.